The maximum Gasteiger partial charge on any atom is 0.323 e. The molecular weight excluding hydrogens is 196 g/mol. The molecule has 0 aliphatic carbocycles. The minimum absolute atomic E-state index is 0.182. The highest BCUT2D eigenvalue weighted by atomic mass is 16.6. The summed E-state index contributed by atoms with van der Waals surface area (Å²) in [6.07, 6.45) is 0.197. The van der Waals surface area contributed by atoms with E-state index < -0.39 is 23.7 Å². The lowest BCUT2D eigenvalue weighted by atomic mass is 10.1. The topological polar surface area (TPSA) is 98.6 Å². The third-order valence-electron chi connectivity index (χ3n) is 1.79. The van der Waals surface area contributed by atoms with E-state index in [1.165, 1.54) is 0 Å². The molecule has 0 rings (SSSR count). The van der Waals surface area contributed by atoms with Crippen molar-refractivity contribution in [2.45, 2.75) is 51.4 Å². The molecule has 0 bridgehead atoms. The van der Waals surface area contributed by atoms with Crippen molar-refractivity contribution in [1.29, 1.82) is 0 Å². The van der Waals surface area contributed by atoms with Gasteiger partial charge in [0.15, 0.2) is 0 Å². The van der Waals surface area contributed by atoms with E-state index in [1.54, 1.807) is 20.8 Å². The summed E-state index contributed by atoms with van der Waals surface area (Å²) in [4.78, 5) is 11.4. The first-order valence-electron chi connectivity index (χ1n) is 5.13. The average Bonchev–Trinajstić information content (AvgIpc) is 2.10. The number of hydrogen-bond acceptors (Lipinski definition) is 5. The van der Waals surface area contributed by atoms with Crippen molar-refractivity contribution in [3.05, 3.63) is 0 Å². The van der Waals surface area contributed by atoms with Gasteiger partial charge in [-0.3, -0.25) is 4.79 Å². The zero-order chi connectivity index (χ0) is 12.1. The molecule has 90 valence electrons. The van der Waals surface area contributed by atoms with Gasteiger partial charge >= 0.3 is 5.97 Å². The van der Waals surface area contributed by atoms with Gasteiger partial charge < -0.3 is 21.3 Å². The van der Waals surface area contributed by atoms with Crippen LogP contribution >= 0.6 is 0 Å². The van der Waals surface area contributed by atoms with Gasteiger partial charge in [-0.25, -0.2) is 0 Å². The molecule has 0 saturated carbocycles. The largest absolute Gasteiger partial charge is 0.459 e. The maximum absolute atomic E-state index is 11.4. The molecule has 2 atom stereocenters. The molecule has 0 amide bonds. The van der Waals surface area contributed by atoms with Crippen molar-refractivity contribution in [1.82, 2.24) is 0 Å². The Kier molecular flexibility index (Phi) is 5.79. The van der Waals surface area contributed by atoms with Crippen molar-refractivity contribution < 1.29 is 14.6 Å². The molecule has 0 aromatic heterocycles. The molecule has 0 saturated heterocycles. The maximum atomic E-state index is 11.4. The third kappa shape index (κ3) is 7.30. The van der Waals surface area contributed by atoms with Crippen LogP contribution in [0.15, 0.2) is 0 Å². The molecule has 0 radical (unpaired) electrons. The molecule has 5 heteroatoms. The van der Waals surface area contributed by atoms with Crippen molar-refractivity contribution in [2.75, 3.05) is 6.54 Å². The second-order valence-corrected chi connectivity index (χ2v) is 4.61. The number of hydrogen-bond donors (Lipinski definition) is 3. The molecule has 5 N–H and O–H groups in total. The molecule has 5 nitrogen and oxygen atoms in total. The van der Waals surface area contributed by atoms with Gasteiger partial charge in [0.25, 0.3) is 0 Å². The van der Waals surface area contributed by atoms with Crippen LogP contribution < -0.4 is 11.5 Å². The number of aliphatic hydroxyl groups is 1. The minimum Gasteiger partial charge on any atom is -0.459 e. The number of carbonyl (C=O) groups is 1. The van der Waals surface area contributed by atoms with E-state index in [4.69, 9.17) is 16.2 Å². The van der Waals surface area contributed by atoms with E-state index in [0.717, 1.165) is 0 Å². The quantitative estimate of drug-likeness (QED) is 0.553. The summed E-state index contributed by atoms with van der Waals surface area (Å²) in [6, 6.07) is -0.689. The van der Waals surface area contributed by atoms with Crippen LogP contribution in [0, 0.1) is 0 Å². The Morgan fingerprint density at radius 3 is 2.33 bits per heavy atom. The predicted octanol–water partition coefficient (Wildman–Crippen LogP) is -0.245. The average molecular weight is 218 g/mol. The summed E-state index contributed by atoms with van der Waals surface area (Å²) in [5, 5.41) is 9.19. The Labute approximate surface area is 90.8 Å². The Morgan fingerprint density at radius 1 is 1.40 bits per heavy atom. The molecule has 0 unspecified atom stereocenters. The summed E-state index contributed by atoms with van der Waals surface area (Å²) in [6.45, 7) is 5.53. The van der Waals surface area contributed by atoms with Crippen molar-refractivity contribution in [3.63, 3.8) is 0 Å². The molecule has 0 heterocycles. The van der Waals surface area contributed by atoms with Crippen LogP contribution in [-0.2, 0) is 9.53 Å². The highest BCUT2D eigenvalue weighted by Crippen LogP contribution is 2.10. The molecular formula is C10H22N2O3. The monoisotopic (exact) mass is 218 g/mol. The number of ether oxygens (including phenoxy) is 1. The standard InChI is InChI=1S/C10H22N2O3/c1-10(2,3)15-9(14)8(12)5-4-7(13)6-11/h7-8,13H,4-6,11-12H2,1-3H3/t7-,8-/m1/s1. The van der Waals surface area contributed by atoms with Crippen LogP contribution in [0.4, 0.5) is 0 Å². The fourth-order valence-corrected chi connectivity index (χ4v) is 0.985. The van der Waals surface area contributed by atoms with Crippen LogP contribution in [0.5, 0.6) is 0 Å². The molecule has 0 aliphatic heterocycles. The first kappa shape index (κ1) is 14.3. The van der Waals surface area contributed by atoms with E-state index in [9.17, 15) is 9.90 Å². The molecule has 0 aromatic carbocycles. The van der Waals surface area contributed by atoms with Gasteiger partial charge in [0.05, 0.1) is 6.10 Å². The number of esters is 1. The van der Waals surface area contributed by atoms with Crippen molar-refractivity contribution in [3.8, 4) is 0 Å². The predicted molar refractivity (Wildman–Crippen MR) is 58.1 cm³/mol. The number of carbonyl (C=O) groups excluding carboxylic acids is 1. The fourth-order valence-electron chi connectivity index (χ4n) is 0.985. The van der Waals surface area contributed by atoms with Gasteiger partial charge in [-0.1, -0.05) is 0 Å². The number of nitrogens with two attached hydrogens (primary N) is 2. The van der Waals surface area contributed by atoms with E-state index >= 15 is 0 Å². The Morgan fingerprint density at radius 2 is 1.93 bits per heavy atom. The van der Waals surface area contributed by atoms with E-state index in [2.05, 4.69) is 0 Å². The smallest absolute Gasteiger partial charge is 0.323 e. The number of aliphatic hydroxyl groups excluding tert-OH is 1. The molecule has 0 aliphatic rings. The van der Waals surface area contributed by atoms with Crippen LogP contribution in [0.1, 0.15) is 33.6 Å². The highest BCUT2D eigenvalue weighted by molar-refractivity contribution is 5.75. The Bertz CT molecular complexity index is 201. The van der Waals surface area contributed by atoms with Gasteiger partial charge in [-0.05, 0) is 33.6 Å². The second-order valence-electron chi connectivity index (χ2n) is 4.61. The zero-order valence-electron chi connectivity index (χ0n) is 9.69. The summed E-state index contributed by atoms with van der Waals surface area (Å²) in [7, 11) is 0. The Hall–Kier alpha value is -0.650. The summed E-state index contributed by atoms with van der Waals surface area (Å²) in [5.41, 5.74) is 10.3. The van der Waals surface area contributed by atoms with Crippen LogP contribution in [-0.4, -0.2) is 35.4 Å². The van der Waals surface area contributed by atoms with E-state index in [-0.39, 0.29) is 6.54 Å². The van der Waals surface area contributed by atoms with Gasteiger partial charge in [0.1, 0.15) is 11.6 Å². The summed E-state index contributed by atoms with van der Waals surface area (Å²) >= 11 is 0. The van der Waals surface area contributed by atoms with Crippen molar-refractivity contribution in [2.24, 2.45) is 11.5 Å². The van der Waals surface area contributed by atoms with Gasteiger partial charge in [-0.15, -0.1) is 0 Å². The molecule has 15 heavy (non-hydrogen) atoms. The van der Waals surface area contributed by atoms with Gasteiger partial charge in [0.2, 0.25) is 0 Å². The number of rotatable bonds is 5. The van der Waals surface area contributed by atoms with Crippen LogP contribution in [0.2, 0.25) is 0 Å². The van der Waals surface area contributed by atoms with Crippen LogP contribution in [0.25, 0.3) is 0 Å². The lowest BCUT2D eigenvalue weighted by Gasteiger charge is -2.22. The zero-order valence-corrected chi connectivity index (χ0v) is 9.69. The molecule has 0 spiro atoms. The lowest BCUT2D eigenvalue weighted by molar-refractivity contribution is -0.156. The Balaban J connectivity index is 3.90. The summed E-state index contributed by atoms with van der Waals surface area (Å²) < 4.78 is 5.09. The van der Waals surface area contributed by atoms with Gasteiger partial charge in [-0.2, -0.15) is 0 Å². The highest BCUT2D eigenvalue weighted by Gasteiger charge is 2.22. The summed E-state index contributed by atoms with van der Waals surface area (Å²) in [5.74, 6) is -0.438. The van der Waals surface area contributed by atoms with Crippen LogP contribution in [0.3, 0.4) is 0 Å². The van der Waals surface area contributed by atoms with E-state index in [0.29, 0.717) is 12.8 Å². The fraction of sp³-hybridized carbons (Fsp3) is 0.900. The third-order valence-corrected chi connectivity index (χ3v) is 1.79. The first-order chi connectivity index (χ1) is 6.76. The first-order valence-corrected chi connectivity index (χ1v) is 5.13. The van der Waals surface area contributed by atoms with E-state index in [1.807, 2.05) is 0 Å². The molecule has 0 aromatic rings. The lowest BCUT2D eigenvalue weighted by Crippen LogP contribution is -2.38. The molecule has 0 fully saturated rings. The normalized spacial score (nSPS) is 15.9. The second kappa shape index (κ2) is 6.05. The minimum atomic E-state index is -0.689. The van der Waals surface area contributed by atoms with Crippen molar-refractivity contribution >= 4 is 5.97 Å². The van der Waals surface area contributed by atoms with Gasteiger partial charge in [0, 0.05) is 6.54 Å². The SMILES string of the molecule is CC(C)(C)OC(=O)[C@H](N)CC[C@@H](O)CN.